The van der Waals surface area contributed by atoms with E-state index in [2.05, 4.69) is 59.4 Å². The summed E-state index contributed by atoms with van der Waals surface area (Å²) in [5.74, 6) is 0.925. The Morgan fingerprint density at radius 2 is 2.04 bits per heavy atom. The number of aryl methyl sites for hydroxylation is 1. The van der Waals surface area contributed by atoms with Crippen molar-refractivity contribution < 1.29 is 4.74 Å². The third-order valence-electron chi connectivity index (χ3n) is 5.30. The number of aromatic nitrogens is 2. The molecule has 27 heavy (non-hydrogen) atoms. The molecule has 0 N–H and O–H groups in total. The first kappa shape index (κ1) is 18.0. The Hall–Kier alpha value is -2.40. The average molecular weight is 380 g/mol. The molecule has 0 fully saturated rings. The van der Waals surface area contributed by atoms with Crippen molar-refractivity contribution in [3.63, 3.8) is 0 Å². The van der Waals surface area contributed by atoms with Crippen molar-refractivity contribution in [1.82, 2.24) is 9.78 Å². The van der Waals surface area contributed by atoms with Crippen molar-refractivity contribution in [3.8, 4) is 5.75 Å². The van der Waals surface area contributed by atoms with Gasteiger partial charge in [-0.15, -0.1) is 11.8 Å². The molecule has 5 heteroatoms. The van der Waals surface area contributed by atoms with Crippen molar-refractivity contribution >= 4 is 17.4 Å². The molecule has 140 valence electrons. The largest absolute Gasteiger partial charge is 0.497 e. The molecule has 1 aliphatic heterocycles. The van der Waals surface area contributed by atoms with E-state index in [-0.39, 0.29) is 0 Å². The second-order valence-electron chi connectivity index (χ2n) is 6.94. The topological polar surface area (TPSA) is 30.3 Å². The van der Waals surface area contributed by atoms with Crippen LogP contribution in [0.15, 0.2) is 59.6 Å². The van der Waals surface area contributed by atoms with Gasteiger partial charge in [-0.25, -0.2) is 0 Å². The molecule has 4 nitrogen and oxygen atoms in total. The first-order chi connectivity index (χ1) is 13.2. The van der Waals surface area contributed by atoms with Gasteiger partial charge in [-0.2, -0.15) is 5.10 Å². The zero-order valence-electron chi connectivity index (χ0n) is 16.1. The maximum Gasteiger partial charge on any atom is 0.119 e. The Labute approximate surface area is 165 Å². The van der Waals surface area contributed by atoms with Crippen LogP contribution in [0, 0.1) is 6.92 Å². The number of nitrogens with zero attached hydrogens (tertiary/aromatic N) is 3. The van der Waals surface area contributed by atoms with Crippen LogP contribution < -0.4 is 9.64 Å². The lowest BCUT2D eigenvalue weighted by Gasteiger charge is -2.24. The third-order valence-corrected chi connectivity index (χ3v) is 6.69. The minimum atomic E-state index is 0.418. The van der Waals surface area contributed by atoms with Crippen LogP contribution in [-0.4, -0.2) is 23.4 Å². The van der Waals surface area contributed by atoms with Crippen LogP contribution in [0.4, 0.5) is 5.69 Å². The van der Waals surface area contributed by atoms with E-state index >= 15 is 0 Å². The van der Waals surface area contributed by atoms with Gasteiger partial charge in [0.2, 0.25) is 0 Å². The summed E-state index contributed by atoms with van der Waals surface area (Å²) in [6.45, 7) is 4.04. The van der Waals surface area contributed by atoms with E-state index < -0.39 is 0 Å². The highest BCUT2D eigenvalue weighted by Gasteiger charge is 2.24. The van der Waals surface area contributed by atoms with E-state index in [1.807, 2.05) is 35.8 Å². The number of rotatable bonds is 4. The quantitative estimate of drug-likeness (QED) is 0.639. The van der Waals surface area contributed by atoms with Crippen LogP contribution in [0.1, 0.15) is 28.5 Å². The zero-order valence-corrected chi connectivity index (χ0v) is 16.9. The summed E-state index contributed by atoms with van der Waals surface area (Å²) in [6, 6.07) is 17.2. The van der Waals surface area contributed by atoms with Crippen LogP contribution >= 0.6 is 11.8 Å². The predicted molar refractivity (Wildman–Crippen MR) is 112 cm³/mol. The molecule has 0 aliphatic carbocycles. The number of hydrogen-bond donors (Lipinski definition) is 0. The Kier molecular flexibility index (Phi) is 5.12. The normalized spacial score (nSPS) is 16.7. The molecule has 0 radical (unpaired) electrons. The molecule has 3 aromatic rings. The van der Waals surface area contributed by atoms with E-state index in [0.717, 1.165) is 25.3 Å². The smallest absolute Gasteiger partial charge is 0.119 e. The first-order valence-corrected chi connectivity index (χ1v) is 10.2. The van der Waals surface area contributed by atoms with Gasteiger partial charge in [0.25, 0.3) is 0 Å². The molecule has 1 aliphatic rings. The Morgan fingerprint density at radius 3 is 2.81 bits per heavy atom. The SMILES string of the molecule is COc1cccc(C2CCN(Cc3cnn(C)c3C)c3ccccc3S2)c1. The summed E-state index contributed by atoms with van der Waals surface area (Å²) >= 11 is 1.96. The van der Waals surface area contributed by atoms with Crippen molar-refractivity contribution in [3.05, 3.63) is 71.5 Å². The molecule has 0 amide bonds. The molecular formula is C22H25N3OS. The fraction of sp³-hybridized carbons (Fsp3) is 0.318. The molecule has 2 aromatic carbocycles. The minimum absolute atomic E-state index is 0.418. The lowest BCUT2D eigenvalue weighted by Crippen LogP contribution is -2.24. The van der Waals surface area contributed by atoms with E-state index in [1.54, 1.807) is 7.11 Å². The summed E-state index contributed by atoms with van der Waals surface area (Å²) in [4.78, 5) is 3.83. The van der Waals surface area contributed by atoms with E-state index in [0.29, 0.717) is 5.25 Å². The van der Waals surface area contributed by atoms with Gasteiger partial charge in [0, 0.05) is 41.5 Å². The van der Waals surface area contributed by atoms with Crippen molar-refractivity contribution in [1.29, 1.82) is 0 Å². The highest BCUT2D eigenvalue weighted by Crippen LogP contribution is 2.45. The highest BCUT2D eigenvalue weighted by atomic mass is 32.2. The summed E-state index contributed by atoms with van der Waals surface area (Å²) in [6.07, 6.45) is 3.08. The number of methoxy groups -OCH3 is 1. The Bertz CT molecular complexity index is 937. The molecule has 0 spiro atoms. The van der Waals surface area contributed by atoms with E-state index in [9.17, 15) is 0 Å². The first-order valence-electron chi connectivity index (χ1n) is 9.28. The summed E-state index contributed by atoms with van der Waals surface area (Å²) in [5, 5.41) is 4.83. The summed E-state index contributed by atoms with van der Waals surface area (Å²) in [5.41, 5.74) is 5.16. The fourth-order valence-corrected chi connectivity index (χ4v) is 4.86. The molecule has 0 saturated carbocycles. The summed E-state index contributed by atoms with van der Waals surface area (Å²) in [7, 11) is 3.73. The van der Waals surface area contributed by atoms with Crippen LogP contribution in [0.5, 0.6) is 5.75 Å². The van der Waals surface area contributed by atoms with Gasteiger partial charge < -0.3 is 9.64 Å². The predicted octanol–water partition coefficient (Wildman–Crippen LogP) is 4.98. The van der Waals surface area contributed by atoms with E-state index in [1.165, 1.54) is 27.4 Å². The second kappa shape index (κ2) is 7.69. The van der Waals surface area contributed by atoms with Crippen LogP contribution in [0.25, 0.3) is 0 Å². The lowest BCUT2D eigenvalue weighted by atomic mass is 10.1. The van der Waals surface area contributed by atoms with Gasteiger partial charge in [0.15, 0.2) is 0 Å². The zero-order chi connectivity index (χ0) is 18.8. The number of thioether (sulfide) groups is 1. The molecule has 1 atom stereocenters. The molecule has 2 heterocycles. The fourth-order valence-electron chi connectivity index (χ4n) is 3.57. The molecule has 4 rings (SSSR count). The molecule has 1 aromatic heterocycles. The van der Waals surface area contributed by atoms with Crippen LogP contribution in [0.2, 0.25) is 0 Å². The number of anilines is 1. The number of ether oxygens (including phenoxy) is 1. The monoisotopic (exact) mass is 379 g/mol. The standard InChI is InChI=1S/C22H25N3OS/c1-16-18(14-23-24(16)2)15-25-12-11-21(17-7-6-8-19(13-17)26-3)27-22-10-5-4-9-20(22)25/h4-10,13-14,21H,11-12,15H2,1-3H3. The number of para-hydroxylation sites is 1. The minimum Gasteiger partial charge on any atom is -0.497 e. The number of benzene rings is 2. The Morgan fingerprint density at radius 1 is 1.19 bits per heavy atom. The van der Waals surface area contributed by atoms with Crippen LogP contribution in [0.3, 0.4) is 0 Å². The van der Waals surface area contributed by atoms with Crippen molar-refractivity contribution in [2.75, 3.05) is 18.6 Å². The van der Waals surface area contributed by atoms with Gasteiger partial charge in [0.1, 0.15) is 5.75 Å². The van der Waals surface area contributed by atoms with Crippen molar-refractivity contribution in [2.45, 2.75) is 30.0 Å². The van der Waals surface area contributed by atoms with Gasteiger partial charge in [0.05, 0.1) is 19.0 Å². The third kappa shape index (κ3) is 3.69. The average Bonchev–Trinajstić information content (AvgIpc) is 2.91. The number of hydrogen-bond acceptors (Lipinski definition) is 4. The molecule has 0 saturated heterocycles. The van der Waals surface area contributed by atoms with Crippen LogP contribution in [-0.2, 0) is 13.6 Å². The van der Waals surface area contributed by atoms with Gasteiger partial charge in [-0.3, -0.25) is 4.68 Å². The Balaban J connectivity index is 1.64. The summed E-state index contributed by atoms with van der Waals surface area (Å²) < 4.78 is 7.38. The maximum absolute atomic E-state index is 5.43. The second-order valence-corrected chi connectivity index (χ2v) is 8.18. The van der Waals surface area contributed by atoms with Gasteiger partial charge in [-0.05, 0) is 43.2 Å². The molecule has 1 unspecified atom stereocenters. The molecule has 0 bridgehead atoms. The maximum atomic E-state index is 5.43. The van der Waals surface area contributed by atoms with Gasteiger partial charge >= 0.3 is 0 Å². The lowest BCUT2D eigenvalue weighted by molar-refractivity contribution is 0.414. The molecular weight excluding hydrogens is 354 g/mol. The highest BCUT2D eigenvalue weighted by molar-refractivity contribution is 7.99. The number of fused-ring (bicyclic) bond motifs is 1. The van der Waals surface area contributed by atoms with Crippen molar-refractivity contribution in [2.24, 2.45) is 7.05 Å². The van der Waals surface area contributed by atoms with E-state index in [4.69, 9.17) is 4.74 Å². The van der Waals surface area contributed by atoms with Gasteiger partial charge in [-0.1, -0.05) is 24.3 Å².